The maximum atomic E-state index is 12.2. The number of anilines is 1. The Morgan fingerprint density at radius 1 is 1.19 bits per heavy atom. The Bertz CT molecular complexity index is 684. The Labute approximate surface area is 128 Å². The van der Waals surface area contributed by atoms with E-state index in [4.69, 9.17) is 5.73 Å². The molecule has 0 aromatic heterocycles. The first-order valence-electron chi connectivity index (χ1n) is 6.48. The van der Waals surface area contributed by atoms with Gasteiger partial charge in [0.25, 0.3) is 5.91 Å². The van der Waals surface area contributed by atoms with E-state index >= 15 is 0 Å². The number of carbonyl (C=O) groups excluding carboxylic acids is 1. The van der Waals surface area contributed by atoms with Crippen molar-refractivity contribution in [3.8, 4) is 11.8 Å². The highest BCUT2D eigenvalue weighted by atomic mass is 32.2. The van der Waals surface area contributed by atoms with E-state index in [-0.39, 0.29) is 5.91 Å². The highest BCUT2D eigenvalue weighted by molar-refractivity contribution is 7.98. The fraction of sp³-hybridized carbons (Fsp3) is 0.118. The molecule has 3 N–H and O–H groups in total. The van der Waals surface area contributed by atoms with Gasteiger partial charge in [0, 0.05) is 16.0 Å². The van der Waals surface area contributed by atoms with Crippen LogP contribution in [0.25, 0.3) is 0 Å². The lowest BCUT2D eigenvalue weighted by Gasteiger charge is -2.09. The normalized spacial score (nSPS) is 9.62. The summed E-state index contributed by atoms with van der Waals surface area (Å²) in [7, 11) is 0. The lowest BCUT2D eigenvalue weighted by molar-refractivity contribution is 0.102. The second-order valence-electron chi connectivity index (χ2n) is 4.24. The first-order valence-corrected chi connectivity index (χ1v) is 7.70. The van der Waals surface area contributed by atoms with Gasteiger partial charge in [-0.2, -0.15) is 0 Å². The Morgan fingerprint density at radius 2 is 1.90 bits per heavy atom. The number of nitrogens with one attached hydrogen (secondary N) is 1. The quantitative estimate of drug-likeness (QED) is 0.676. The molecule has 0 heterocycles. The Kier molecular flexibility index (Phi) is 5.44. The third kappa shape index (κ3) is 4.12. The number of amides is 1. The van der Waals surface area contributed by atoms with Gasteiger partial charge in [-0.25, -0.2) is 0 Å². The molecule has 0 spiro atoms. The fourth-order valence-electron chi connectivity index (χ4n) is 1.80. The van der Waals surface area contributed by atoms with E-state index in [9.17, 15) is 4.79 Å². The molecule has 0 radical (unpaired) electrons. The van der Waals surface area contributed by atoms with Gasteiger partial charge in [-0.15, -0.1) is 11.8 Å². The molecule has 0 bridgehead atoms. The van der Waals surface area contributed by atoms with Crippen molar-refractivity contribution in [1.82, 2.24) is 0 Å². The summed E-state index contributed by atoms with van der Waals surface area (Å²) in [6.07, 6.45) is 1.98. The fourth-order valence-corrected chi connectivity index (χ4v) is 2.35. The van der Waals surface area contributed by atoms with E-state index in [2.05, 4.69) is 17.2 Å². The molecule has 0 aliphatic heterocycles. The molecule has 0 saturated carbocycles. The van der Waals surface area contributed by atoms with Crippen LogP contribution in [0.5, 0.6) is 0 Å². The van der Waals surface area contributed by atoms with Gasteiger partial charge < -0.3 is 11.1 Å². The molecule has 0 saturated heterocycles. The number of hydrogen-bond donors (Lipinski definition) is 2. The number of nitrogens with two attached hydrogens (primary N) is 1. The van der Waals surface area contributed by atoms with E-state index in [0.717, 1.165) is 16.1 Å². The molecule has 0 aliphatic rings. The van der Waals surface area contributed by atoms with Crippen LogP contribution < -0.4 is 11.1 Å². The molecule has 0 aliphatic carbocycles. The van der Waals surface area contributed by atoms with E-state index in [0.29, 0.717) is 12.1 Å². The van der Waals surface area contributed by atoms with E-state index < -0.39 is 0 Å². The van der Waals surface area contributed by atoms with Gasteiger partial charge in [-0.1, -0.05) is 24.0 Å². The number of thioether (sulfide) groups is 1. The van der Waals surface area contributed by atoms with Gasteiger partial charge in [0.05, 0.1) is 12.2 Å². The summed E-state index contributed by atoms with van der Waals surface area (Å²) in [6.45, 7) is 0.327. The summed E-state index contributed by atoms with van der Waals surface area (Å²) in [6, 6.07) is 14.9. The molecule has 2 aromatic rings. The second-order valence-corrected chi connectivity index (χ2v) is 5.09. The molecule has 106 valence electrons. The van der Waals surface area contributed by atoms with Gasteiger partial charge in [-0.3, -0.25) is 4.79 Å². The molecular weight excluding hydrogens is 280 g/mol. The largest absolute Gasteiger partial charge is 0.321 e. The van der Waals surface area contributed by atoms with Crippen molar-refractivity contribution >= 4 is 23.4 Å². The van der Waals surface area contributed by atoms with Crippen LogP contribution in [0.15, 0.2) is 53.4 Å². The summed E-state index contributed by atoms with van der Waals surface area (Å²) in [5.41, 5.74) is 7.60. The zero-order chi connectivity index (χ0) is 15.1. The molecule has 1 amide bonds. The van der Waals surface area contributed by atoms with Gasteiger partial charge in [0.2, 0.25) is 0 Å². The SMILES string of the molecule is CSc1ccccc1NC(=O)c1ccc(C#CCN)cc1. The second kappa shape index (κ2) is 7.53. The molecule has 0 atom stereocenters. The van der Waals surface area contributed by atoms with Crippen LogP contribution in [0.1, 0.15) is 15.9 Å². The first kappa shape index (κ1) is 15.2. The van der Waals surface area contributed by atoms with Crippen LogP contribution in [0, 0.1) is 11.8 Å². The summed E-state index contributed by atoms with van der Waals surface area (Å²) >= 11 is 1.60. The molecule has 4 heteroatoms. The third-order valence-electron chi connectivity index (χ3n) is 2.84. The zero-order valence-electron chi connectivity index (χ0n) is 11.7. The van der Waals surface area contributed by atoms with Crippen molar-refractivity contribution < 1.29 is 4.79 Å². The molecule has 2 rings (SSSR count). The van der Waals surface area contributed by atoms with Crippen molar-refractivity contribution in [3.05, 3.63) is 59.7 Å². The predicted octanol–water partition coefficient (Wildman–Crippen LogP) is 2.97. The van der Waals surface area contributed by atoms with Crippen molar-refractivity contribution in [1.29, 1.82) is 0 Å². The van der Waals surface area contributed by atoms with Crippen LogP contribution in [-0.2, 0) is 0 Å². The van der Waals surface area contributed by atoms with Crippen molar-refractivity contribution in [2.45, 2.75) is 4.90 Å². The highest BCUT2D eigenvalue weighted by Gasteiger charge is 2.08. The van der Waals surface area contributed by atoms with Gasteiger partial charge in [0.15, 0.2) is 0 Å². The van der Waals surface area contributed by atoms with Gasteiger partial charge >= 0.3 is 0 Å². The summed E-state index contributed by atoms with van der Waals surface area (Å²) in [5.74, 6) is 5.58. The standard InChI is InChI=1S/C17H16N2OS/c1-21-16-7-3-2-6-15(16)19-17(20)14-10-8-13(9-11-14)5-4-12-18/h2-3,6-11H,12,18H2,1H3,(H,19,20). The van der Waals surface area contributed by atoms with Crippen LogP contribution in [0.2, 0.25) is 0 Å². The predicted molar refractivity (Wildman–Crippen MR) is 88.6 cm³/mol. The zero-order valence-corrected chi connectivity index (χ0v) is 12.5. The third-order valence-corrected chi connectivity index (χ3v) is 3.63. The van der Waals surface area contributed by atoms with Crippen LogP contribution >= 0.6 is 11.8 Å². The number of benzene rings is 2. The smallest absolute Gasteiger partial charge is 0.255 e. The molecule has 3 nitrogen and oxygen atoms in total. The molecular formula is C17H16N2OS. The molecule has 0 fully saturated rings. The number of rotatable bonds is 3. The van der Waals surface area contributed by atoms with E-state index in [1.54, 1.807) is 23.9 Å². The van der Waals surface area contributed by atoms with Crippen LogP contribution in [0.4, 0.5) is 5.69 Å². The monoisotopic (exact) mass is 296 g/mol. The van der Waals surface area contributed by atoms with Crippen LogP contribution in [0.3, 0.4) is 0 Å². The van der Waals surface area contributed by atoms with Crippen molar-refractivity contribution in [3.63, 3.8) is 0 Å². The summed E-state index contributed by atoms with van der Waals surface area (Å²) in [4.78, 5) is 13.3. The minimum atomic E-state index is -0.130. The summed E-state index contributed by atoms with van der Waals surface area (Å²) < 4.78 is 0. The molecule has 0 unspecified atom stereocenters. The maximum Gasteiger partial charge on any atom is 0.255 e. The average Bonchev–Trinajstić information content (AvgIpc) is 2.54. The Hall–Kier alpha value is -2.22. The first-order chi connectivity index (χ1) is 10.2. The molecule has 2 aromatic carbocycles. The Morgan fingerprint density at radius 3 is 2.57 bits per heavy atom. The topological polar surface area (TPSA) is 55.1 Å². The molecule has 21 heavy (non-hydrogen) atoms. The van der Waals surface area contributed by atoms with Crippen molar-refractivity contribution in [2.75, 3.05) is 18.1 Å². The minimum absolute atomic E-state index is 0.130. The highest BCUT2D eigenvalue weighted by Crippen LogP contribution is 2.25. The minimum Gasteiger partial charge on any atom is -0.321 e. The average molecular weight is 296 g/mol. The summed E-state index contributed by atoms with van der Waals surface area (Å²) in [5, 5.41) is 2.92. The van der Waals surface area contributed by atoms with Gasteiger partial charge in [-0.05, 0) is 42.7 Å². The van der Waals surface area contributed by atoms with Crippen molar-refractivity contribution in [2.24, 2.45) is 5.73 Å². The van der Waals surface area contributed by atoms with Crippen LogP contribution in [-0.4, -0.2) is 18.7 Å². The van der Waals surface area contributed by atoms with Gasteiger partial charge in [0.1, 0.15) is 0 Å². The van der Waals surface area contributed by atoms with E-state index in [1.807, 2.05) is 42.7 Å². The number of hydrogen-bond acceptors (Lipinski definition) is 3. The number of carbonyl (C=O) groups is 1. The number of para-hydroxylation sites is 1. The maximum absolute atomic E-state index is 12.2. The van der Waals surface area contributed by atoms with E-state index in [1.165, 1.54) is 0 Å². The Balaban J connectivity index is 2.13. The lowest BCUT2D eigenvalue weighted by atomic mass is 10.1. The lowest BCUT2D eigenvalue weighted by Crippen LogP contribution is -2.12.